The lowest BCUT2D eigenvalue weighted by atomic mass is 9.97. The maximum absolute atomic E-state index is 13.7. The number of aromatic amines is 1. The molecule has 3 unspecified atom stereocenters. The number of carbonyl (C=O) groups excluding carboxylic acids is 1. The standard InChI is InChI=1S/C26H36F3N6O9PS/c1-15(37)20(38)18(42-14-35-13-31-19-21(35)33-24(30)34-22(19)39)11-44-45(41,43-8-9-46-23(40)25(2,3)12-36)32-10-16-4-6-17(7-5-16)26(27,28)29/h4-7,13,15,18,20,36-38H,8-12,14H2,1-3H3,(H,32,41)(H3,30,33,34,39)/t15?,18-,20?,45?/m1/s1. The lowest BCUT2D eigenvalue weighted by Gasteiger charge is -2.27. The Morgan fingerprint density at radius 2 is 1.89 bits per heavy atom. The molecular weight excluding hydrogens is 660 g/mol. The van der Waals surface area contributed by atoms with Gasteiger partial charge in [0, 0.05) is 12.3 Å². The van der Waals surface area contributed by atoms with Crippen LogP contribution < -0.4 is 16.4 Å². The van der Waals surface area contributed by atoms with Crippen molar-refractivity contribution < 1.29 is 51.6 Å². The number of imidazole rings is 1. The molecule has 0 aliphatic rings. The molecule has 4 atom stereocenters. The number of fused-ring (bicyclic) bond motifs is 1. The Balaban J connectivity index is 1.74. The van der Waals surface area contributed by atoms with E-state index in [1.807, 2.05) is 0 Å². The number of nitrogens with two attached hydrogens (primary N) is 1. The molecule has 7 N–H and O–H groups in total. The summed E-state index contributed by atoms with van der Waals surface area (Å²) in [5.41, 5.74) is 3.45. The molecule has 0 bridgehead atoms. The molecule has 3 rings (SSSR count). The third-order valence-electron chi connectivity index (χ3n) is 6.49. The van der Waals surface area contributed by atoms with E-state index < -0.39 is 62.0 Å². The number of H-pyrrole nitrogens is 1. The van der Waals surface area contributed by atoms with Gasteiger partial charge in [-0.1, -0.05) is 23.9 Å². The number of carbonyl (C=O) groups is 1. The van der Waals surface area contributed by atoms with Gasteiger partial charge in [-0.2, -0.15) is 18.2 Å². The van der Waals surface area contributed by atoms with Gasteiger partial charge < -0.3 is 25.8 Å². The zero-order chi connectivity index (χ0) is 34.3. The zero-order valence-corrected chi connectivity index (χ0v) is 26.8. The van der Waals surface area contributed by atoms with E-state index in [1.54, 1.807) is 13.8 Å². The summed E-state index contributed by atoms with van der Waals surface area (Å²) in [4.78, 5) is 34.7. The molecule has 0 aliphatic carbocycles. The maximum atomic E-state index is 13.7. The van der Waals surface area contributed by atoms with Crippen LogP contribution in [0.5, 0.6) is 0 Å². The van der Waals surface area contributed by atoms with Gasteiger partial charge in [0.1, 0.15) is 18.9 Å². The molecule has 0 spiro atoms. The van der Waals surface area contributed by atoms with Gasteiger partial charge in [-0.25, -0.2) is 14.6 Å². The number of hydrogen-bond acceptors (Lipinski definition) is 13. The molecule has 2 aromatic heterocycles. The minimum atomic E-state index is -4.55. The van der Waals surface area contributed by atoms with Gasteiger partial charge in [0.05, 0.1) is 43.2 Å². The van der Waals surface area contributed by atoms with Crippen LogP contribution in [0, 0.1) is 5.41 Å². The quantitative estimate of drug-likeness (QED) is 0.0878. The second kappa shape index (κ2) is 15.8. The lowest BCUT2D eigenvalue weighted by Crippen LogP contribution is -2.41. The maximum Gasteiger partial charge on any atom is 0.416 e. The number of halogens is 3. The minimum Gasteiger partial charge on any atom is -0.395 e. The van der Waals surface area contributed by atoms with Crippen molar-refractivity contribution in [3.8, 4) is 0 Å². The second-order valence-electron chi connectivity index (χ2n) is 10.7. The number of anilines is 1. The molecule has 0 saturated carbocycles. The molecule has 256 valence electrons. The smallest absolute Gasteiger partial charge is 0.395 e. The lowest BCUT2D eigenvalue weighted by molar-refractivity contribution is -0.137. The van der Waals surface area contributed by atoms with E-state index in [9.17, 15) is 42.6 Å². The van der Waals surface area contributed by atoms with Gasteiger partial charge in [0.25, 0.3) is 5.56 Å². The number of aliphatic hydroxyl groups is 3. The molecule has 15 nitrogen and oxygen atoms in total. The summed E-state index contributed by atoms with van der Waals surface area (Å²) in [5, 5.41) is 32.3. The first-order valence-electron chi connectivity index (χ1n) is 13.7. The van der Waals surface area contributed by atoms with Crippen LogP contribution in [-0.2, 0) is 42.6 Å². The van der Waals surface area contributed by atoms with Crippen LogP contribution in [0.15, 0.2) is 35.4 Å². The Kier molecular flexibility index (Phi) is 12.9. The number of ether oxygens (including phenoxy) is 1. The van der Waals surface area contributed by atoms with Crippen LogP contribution in [-0.4, -0.2) is 83.8 Å². The van der Waals surface area contributed by atoms with E-state index in [4.69, 9.17) is 19.5 Å². The second-order valence-corrected chi connectivity index (χ2v) is 13.6. The number of thioether (sulfide) groups is 1. The predicted octanol–water partition coefficient (Wildman–Crippen LogP) is 2.01. The summed E-state index contributed by atoms with van der Waals surface area (Å²) in [7, 11) is -4.31. The summed E-state index contributed by atoms with van der Waals surface area (Å²) in [6, 6.07) is 4.06. The number of hydrogen-bond donors (Lipinski definition) is 6. The highest BCUT2D eigenvalue weighted by atomic mass is 32.2. The topological polar surface area (TPSA) is 224 Å². The van der Waals surface area contributed by atoms with Crippen molar-refractivity contribution in [2.45, 2.75) is 58.5 Å². The number of nitrogen functional groups attached to an aromatic ring is 1. The van der Waals surface area contributed by atoms with E-state index in [0.29, 0.717) is 5.56 Å². The van der Waals surface area contributed by atoms with Gasteiger partial charge in [0.2, 0.25) is 5.95 Å². The summed E-state index contributed by atoms with van der Waals surface area (Å²) in [6.45, 7) is 2.43. The summed E-state index contributed by atoms with van der Waals surface area (Å²) >= 11 is 0.829. The fraction of sp³-hybridized carbons (Fsp3) is 0.538. The van der Waals surface area contributed by atoms with Gasteiger partial charge in [-0.3, -0.25) is 28.2 Å². The van der Waals surface area contributed by atoms with Crippen molar-refractivity contribution in [2.75, 3.05) is 31.3 Å². The molecule has 3 aromatic rings. The zero-order valence-electron chi connectivity index (χ0n) is 25.1. The largest absolute Gasteiger partial charge is 0.416 e. The van der Waals surface area contributed by atoms with E-state index in [-0.39, 0.29) is 47.9 Å². The Labute approximate surface area is 265 Å². The van der Waals surface area contributed by atoms with Crippen LogP contribution in [0.3, 0.4) is 0 Å². The average molecular weight is 697 g/mol. The fourth-order valence-electron chi connectivity index (χ4n) is 3.65. The first kappa shape index (κ1) is 37.6. The molecule has 20 heteroatoms. The Morgan fingerprint density at radius 3 is 2.50 bits per heavy atom. The summed E-state index contributed by atoms with van der Waals surface area (Å²) < 4.78 is 70.7. The Hall–Kier alpha value is -2.87. The van der Waals surface area contributed by atoms with Crippen LogP contribution >= 0.6 is 19.5 Å². The van der Waals surface area contributed by atoms with Crippen LogP contribution in [0.2, 0.25) is 0 Å². The minimum absolute atomic E-state index is 0.0107. The Morgan fingerprint density at radius 1 is 1.22 bits per heavy atom. The molecule has 0 saturated heterocycles. The summed E-state index contributed by atoms with van der Waals surface area (Å²) in [6.07, 6.45) is -7.58. The number of nitrogens with one attached hydrogen (secondary N) is 2. The van der Waals surface area contributed by atoms with Crippen LogP contribution in [0.1, 0.15) is 31.9 Å². The van der Waals surface area contributed by atoms with Gasteiger partial charge in [0.15, 0.2) is 16.3 Å². The highest BCUT2D eigenvalue weighted by Crippen LogP contribution is 2.45. The average Bonchev–Trinajstić information content (AvgIpc) is 3.40. The third-order valence-corrected chi connectivity index (χ3v) is 9.23. The molecule has 0 aliphatic heterocycles. The van der Waals surface area contributed by atoms with Crippen molar-refractivity contribution >= 4 is 41.7 Å². The normalized spacial score (nSPS) is 15.8. The Bertz CT molecular complexity index is 1570. The highest BCUT2D eigenvalue weighted by molar-refractivity contribution is 8.13. The molecule has 1 aromatic carbocycles. The van der Waals surface area contributed by atoms with Crippen LogP contribution in [0.25, 0.3) is 11.2 Å². The molecule has 0 radical (unpaired) electrons. The molecule has 46 heavy (non-hydrogen) atoms. The fourth-order valence-corrected chi connectivity index (χ4v) is 5.89. The number of nitrogens with zero attached hydrogens (tertiary/aromatic N) is 3. The van der Waals surface area contributed by atoms with Crippen molar-refractivity contribution in [3.63, 3.8) is 0 Å². The highest BCUT2D eigenvalue weighted by Gasteiger charge is 2.33. The van der Waals surface area contributed by atoms with Crippen LogP contribution in [0.4, 0.5) is 19.1 Å². The first-order chi connectivity index (χ1) is 21.5. The molecular formula is C26H36F3N6O9PS. The number of benzene rings is 1. The third kappa shape index (κ3) is 10.3. The van der Waals surface area contributed by atoms with Crippen molar-refractivity contribution in [2.24, 2.45) is 5.41 Å². The number of rotatable bonds is 17. The number of aliphatic hydroxyl groups excluding tert-OH is 3. The van der Waals surface area contributed by atoms with E-state index in [1.165, 1.54) is 30.0 Å². The van der Waals surface area contributed by atoms with E-state index in [2.05, 4.69) is 20.0 Å². The van der Waals surface area contributed by atoms with Gasteiger partial charge in [-0.05, 0) is 38.5 Å². The van der Waals surface area contributed by atoms with E-state index >= 15 is 0 Å². The van der Waals surface area contributed by atoms with Crippen molar-refractivity contribution in [1.29, 1.82) is 0 Å². The van der Waals surface area contributed by atoms with Gasteiger partial charge in [-0.15, -0.1) is 0 Å². The van der Waals surface area contributed by atoms with Gasteiger partial charge >= 0.3 is 13.9 Å². The predicted molar refractivity (Wildman–Crippen MR) is 161 cm³/mol. The van der Waals surface area contributed by atoms with E-state index in [0.717, 1.165) is 23.9 Å². The SMILES string of the molecule is CC(O)C(O)[C@@H](COP(=O)(NCc1ccc(C(F)(F)F)cc1)OCCSC(=O)C(C)(C)CO)OCn1cnc2c(=O)[nH]c(N)nc21. The molecule has 0 fully saturated rings. The first-order valence-corrected chi connectivity index (χ1v) is 16.3. The van der Waals surface area contributed by atoms with Crippen molar-refractivity contribution in [3.05, 3.63) is 52.1 Å². The molecule has 0 amide bonds. The van der Waals surface area contributed by atoms with Crippen molar-refractivity contribution in [1.82, 2.24) is 24.6 Å². The molecule has 2 heterocycles. The summed E-state index contributed by atoms with van der Waals surface area (Å²) in [5.74, 6) is -0.170. The monoisotopic (exact) mass is 696 g/mol. The number of aromatic nitrogens is 4. The number of alkyl halides is 3.